The molecule has 0 saturated heterocycles. The number of carbonyl (C=O) groups is 1. The van der Waals surface area contributed by atoms with Crippen LogP contribution in [0.5, 0.6) is 5.75 Å². The van der Waals surface area contributed by atoms with Crippen LogP contribution >= 0.6 is 12.4 Å². The molecule has 0 aromatic heterocycles. The predicted octanol–water partition coefficient (Wildman–Crippen LogP) is 0.503. The molecular formula is C14H23ClN2O4. The summed E-state index contributed by atoms with van der Waals surface area (Å²) in [5.41, 5.74) is 0.706. The van der Waals surface area contributed by atoms with Crippen LogP contribution in [0.25, 0.3) is 0 Å². The van der Waals surface area contributed by atoms with Gasteiger partial charge >= 0.3 is 0 Å². The van der Waals surface area contributed by atoms with Crippen molar-refractivity contribution >= 4 is 18.3 Å². The van der Waals surface area contributed by atoms with Crippen LogP contribution in [0.15, 0.2) is 24.3 Å². The van der Waals surface area contributed by atoms with Gasteiger partial charge in [0.15, 0.2) is 0 Å². The normalized spacial score (nSPS) is 11.4. The molecule has 0 saturated carbocycles. The maximum atomic E-state index is 11.5. The molecule has 0 radical (unpaired) electrons. The van der Waals surface area contributed by atoms with Gasteiger partial charge in [0.1, 0.15) is 5.75 Å². The second kappa shape index (κ2) is 11.3. The molecule has 0 fully saturated rings. The molecule has 21 heavy (non-hydrogen) atoms. The van der Waals surface area contributed by atoms with Crippen molar-refractivity contribution in [1.29, 1.82) is 0 Å². The van der Waals surface area contributed by atoms with Crippen molar-refractivity contribution in [3.63, 3.8) is 0 Å². The minimum Gasteiger partial charge on any atom is -0.497 e. The lowest BCUT2D eigenvalue weighted by Crippen LogP contribution is -2.37. The highest BCUT2D eigenvalue weighted by Gasteiger charge is 2.10. The Balaban J connectivity index is 0.00000400. The molecule has 0 spiro atoms. The fourth-order valence-electron chi connectivity index (χ4n) is 1.62. The molecule has 3 N–H and O–H groups in total. The summed E-state index contributed by atoms with van der Waals surface area (Å²) in [6.45, 7) is 1.54. The topological polar surface area (TPSA) is 79.8 Å². The summed E-state index contributed by atoms with van der Waals surface area (Å²) >= 11 is 0. The van der Waals surface area contributed by atoms with E-state index in [1.165, 1.54) is 0 Å². The van der Waals surface area contributed by atoms with Gasteiger partial charge in [0.05, 0.1) is 26.4 Å². The Labute approximate surface area is 131 Å². The molecule has 1 unspecified atom stereocenters. The van der Waals surface area contributed by atoms with E-state index in [0.29, 0.717) is 24.5 Å². The van der Waals surface area contributed by atoms with E-state index >= 15 is 0 Å². The second-order valence-corrected chi connectivity index (χ2v) is 4.27. The number of amides is 1. The van der Waals surface area contributed by atoms with E-state index in [2.05, 4.69) is 10.6 Å². The van der Waals surface area contributed by atoms with Crippen molar-refractivity contribution in [1.82, 2.24) is 10.6 Å². The number of carbonyl (C=O) groups excluding carboxylic acids is 1. The third kappa shape index (κ3) is 7.87. The van der Waals surface area contributed by atoms with Crippen molar-refractivity contribution in [2.24, 2.45) is 0 Å². The van der Waals surface area contributed by atoms with Crippen LogP contribution in [0.1, 0.15) is 11.7 Å². The van der Waals surface area contributed by atoms with Gasteiger partial charge in [0, 0.05) is 20.2 Å². The smallest absolute Gasteiger partial charge is 0.234 e. The average molecular weight is 319 g/mol. The highest BCUT2D eigenvalue weighted by Crippen LogP contribution is 2.18. The summed E-state index contributed by atoms with van der Waals surface area (Å²) < 4.78 is 9.94. The maximum Gasteiger partial charge on any atom is 0.234 e. The summed E-state index contributed by atoms with van der Waals surface area (Å²) in [6.07, 6.45) is -0.756. The summed E-state index contributed by atoms with van der Waals surface area (Å²) in [4.78, 5) is 11.5. The van der Waals surface area contributed by atoms with E-state index < -0.39 is 6.10 Å². The first-order chi connectivity index (χ1) is 9.67. The first-order valence-electron chi connectivity index (χ1n) is 6.45. The first kappa shape index (κ1) is 19.7. The number of hydrogen-bond acceptors (Lipinski definition) is 5. The highest BCUT2D eigenvalue weighted by atomic mass is 35.5. The van der Waals surface area contributed by atoms with Crippen LogP contribution in [-0.2, 0) is 9.53 Å². The summed E-state index contributed by atoms with van der Waals surface area (Å²) in [7, 11) is 3.17. The summed E-state index contributed by atoms with van der Waals surface area (Å²) in [6, 6.07) is 7.13. The number of hydrogen-bond donors (Lipinski definition) is 3. The van der Waals surface area contributed by atoms with Gasteiger partial charge < -0.3 is 25.2 Å². The lowest BCUT2D eigenvalue weighted by atomic mass is 10.1. The van der Waals surface area contributed by atoms with Gasteiger partial charge in [-0.05, 0) is 17.7 Å². The minimum absolute atomic E-state index is 0. The largest absolute Gasteiger partial charge is 0.497 e. The molecule has 1 amide bonds. The van der Waals surface area contributed by atoms with Crippen molar-refractivity contribution in [2.45, 2.75) is 6.10 Å². The predicted molar refractivity (Wildman–Crippen MR) is 83.0 cm³/mol. The number of methoxy groups -OCH3 is 2. The second-order valence-electron chi connectivity index (χ2n) is 4.27. The van der Waals surface area contributed by atoms with Crippen LogP contribution in [0.4, 0.5) is 0 Å². The molecule has 1 aromatic rings. The Kier molecular flexibility index (Phi) is 10.6. The molecule has 0 heterocycles. The van der Waals surface area contributed by atoms with E-state index in [-0.39, 0.29) is 31.4 Å². The van der Waals surface area contributed by atoms with Gasteiger partial charge in [-0.3, -0.25) is 4.79 Å². The fraction of sp³-hybridized carbons (Fsp3) is 0.500. The molecular weight excluding hydrogens is 296 g/mol. The van der Waals surface area contributed by atoms with Gasteiger partial charge in [-0.2, -0.15) is 0 Å². The average Bonchev–Trinajstić information content (AvgIpc) is 2.49. The quantitative estimate of drug-likeness (QED) is 0.578. The highest BCUT2D eigenvalue weighted by molar-refractivity contribution is 5.85. The molecule has 1 rings (SSSR count). The number of benzene rings is 1. The van der Waals surface area contributed by atoms with Gasteiger partial charge in [-0.25, -0.2) is 0 Å². The van der Waals surface area contributed by atoms with Crippen LogP contribution in [-0.4, -0.2) is 51.5 Å². The number of halogens is 1. The number of nitrogens with one attached hydrogen (secondary N) is 2. The van der Waals surface area contributed by atoms with E-state index in [9.17, 15) is 9.90 Å². The molecule has 120 valence electrons. The zero-order chi connectivity index (χ0) is 14.8. The third-order valence-corrected chi connectivity index (χ3v) is 2.74. The van der Waals surface area contributed by atoms with E-state index in [1.54, 1.807) is 38.5 Å². The fourth-order valence-corrected chi connectivity index (χ4v) is 1.62. The lowest BCUT2D eigenvalue weighted by molar-refractivity contribution is -0.120. The van der Waals surface area contributed by atoms with Crippen molar-refractivity contribution in [3.8, 4) is 5.75 Å². The van der Waals surface area contributed by atoms with Gasteiger partial charge in [0.2, 0.25) is 5.91 Å². The zero-order valence-electron chi connectivity index (χ0n) is 12.3. The van der Waals surface area contributed by atoms with Gasteiger partial charge in [-0.1, -0.05) is 12.1 Å². The molecule has 1 aromatic carbocycles. The Hall–Kier alpha value is -1.34. The van der Waals surface area contributed by atoms with Crippen LogP contribution in [0, 0.1) is 0 Å². The van der Waals surface area contributed by atoms with Crippen LogP contribution in [0.2, 0.25) is 0 Å². The van der Waals surface area contributed by atoms with Crippen LogP contribution in [0.3, 0.4) is 0 Å². The Morgan fingerprint density at radius 3 is 2.81 bits per heavy atom. The first-order valence-corrected chi connectivity index (χ1v) is 6.45. The van der Waals surface area contributed by atoms with Gasteiger partial charge in [-0.15, -0.1) is 12.4 Å². The molecule has 7 heteroatoms. The van der Waals surface area contributed by atoms with E-state index in [4.69, 9.17) is 9.47 Å². The molecule has 0 aliphatic heterocycles. The van der Waals surface area contributed by atoms with Crippen molar-refractivity contribution in [3.05, 3.63) is 29.8 Å². The number of rotatable bonds is 9. The minimum atomic E-state index is -0.756. The molecule has 0 aliphatic carbocycles. The Morgan fingerprint density at radius 1 is 1.38 bits per heavy atom. The number of aliphatic hydroxyl groups is 1. The van der Waals surface area contributed by atoms with E-state index in [0.717, 1.165) is 0 Å². The molecule has 1 atom stereocenters. The SMILES string of the molecule is COCCNCC(=O)NCC(O)c1cccc(OC)c1.Cl. The maximum absolute atomic E-state index is 11.5. The summed E-state index contributed by atoms with van der Waals surface area (Å²) in [5, 5.41) is 15.6. The monoisotopic (exact) mass is 318 g/mol. The zero-order valence-corrected chi connectivity index (χ0v) is 13.1. The Morgan fingerprint density at radius 2 is 2.14 bits per heavy atom. The third-order valence-electron chi connectivity index (χ3n) is 2.74. The number of aliphatic hydroxyl groups excluding tert-OH is 1. The molecule has 0 aliphatic rings. The van der Waals surface area contributed by atoms with E-state index in [1.807, 2.05) is 0 Å². The van der Waals surface area contributed by atoms with Crippen molar-refractivity contribution < 1.29 is 19.4 Å². The lowest BCUT2D eigenvalue weighted by Gasteiger charge is -2.13. The van der Waals surface area contributed by atoms with Crippen LogP contribution < -0.4 is 15.4 Å². The van der Waals surface area contributed by atoms with Crippen molar-refractivity contribution in [2.75, 3.05) is 40.5 Å². The summed E-state index contributed by atoms with van der Waals surface area (Å²) in [5.74, 6) is 0.511. The molecule has 6 nitrogen and oxygen atoms in total. The molecule has 0 bridgehead atoms. The standard InChI is InChI=1S/C14H22N2O4.ClH/c1-19-7-6-15-10-14(18)16-9-13(17)11-4-3-5-12(8-11)20-2;/h3-5,8,13,15,17H,6-7,9-10H2,1-2H3,(H,16,18);1H. The Bertz CT molecular complexity index is 418. The van der Waals surface area contributed by atoms with Gasteiger partial charge in [0.25, 0.3) is 0 Å². The number of ether oxygens (including phenoxy) is 2.